The van der Waals surface area contributed by atoms with Crippen LogP contribution in [0.4, 0.5) is 5.95 Å². The van der Waals surface area contributed by atoms with E-state index in [1.165, 1.54) is 12.4 Å². The number of hydrogen-bond donors (Lipinski definition) is 2. The molecule has 0 saturated heterocycles. The maximum Gasteiger partial charge on any atom is 0.254 e. The number of aromatic nitrogens is 2. The van der Waals surface area contributed by atoms with E-state index in [4.69, 9.17) is 4.74 Å². The van der Waals surface area contributed by atoms with Crippen LogP contribution in [0.15, 0.2) is 12.4 Å². The number of methoxy groups -OCH3 is 1. The van der Waals surface area contributed by atoms with E-state index in [-0.39, 0.29) is 5.91 Å². The van der Waals surface area contributed by atoms with Crippen molar-refractivity contribution in [2.45, 2.75) is 20.3 Å². The summed E-state index contributed by atoms with van der Waals surface area (Å²) in [5, 5.41) is 5.83. The molecule has 1 rings (SSSR count). The Morgan fingerprint density at radius 1 is 1.32 bits per heavy atom. The lowest BCUT2D eigenvalue weighted by atomic mass is 10.1. The third-order valence-corrected chi connectivity index (χ3v) is 2.51. The lowest BCUT2D eigenvalue weighted by molar-refractivity contribution is 0.0936. The molecule has 0 aliphatic heterocycles. The summed E-state index contributed by atoms with van der Waals surface area (Å²) in [6.45, 7) is 6.12. The second kappa shape index (κ2) is 8.42. The first-order valence-electron chi connectivity index (χ1n) is 6.46. The Morgan fingerprint density at radius 2 is 2.00 bits per heavy atom. The van der Waals surface area contributed by atoms with Crippen molar-refractivity contribution in [1.82, 2.24) is 15.3 Å². The molecule has 1 amide bonds. The van der Waals surface area contributed by atoms with Crippen LogP contribution < -0.4 is 10.6 Å². The van der Waals surface area contributed by atoms with Gasteiger partial charge in [-0.05, 0) is 12.3 Å². The Morgan fingerprint density at radius 3 is 2.58 bits per heavy atom. The minimum absolute atomic E-state index is 0.189. The predicted molar refractivity (Wildman–Crippen MR) is 74.2 cm³/mol. The summed E-state index contributed by atoms with van der Waals surface area (Å²) in [5.74, 6) is 0.998. The fraction of sp³-hybridized carbons (Fsp3) is 0.615. The minimum Gasteiger partial charge on any atom is -0.383 e. The summed E-state index contributed by atoms with van der Waals surface area (Å²) in [4.78, 5) is 19.9. The number of rotatable bonds is 8. The van der Waals surface area contributed by atoms with Crippen LogP contribution in [0.2, 0.25) is 0 Å². The first-order chi connectivity index (χ1) is 9.13. The molecule has 1 aromatic rings. The van der Waals surface area contributed by atoms with Crippen molar-refractivity contribution in [3.63, 3.8) is 0 Å². The lowest BCUT2D eigenvalue weighted by Gasteiger charge is -2.07. The molecule has 2 N–H and O–H groups in total. The molecule has 0 fully saturated rings. The van der Waals surface area contributed by atoms with Crippen LogP contribution in [0.1, 0.15) is 30.6 Å². The van der Waals surface area contributed by atoms with Gasteiger partial charge >= 0.3 is 0 Å². The van der Waals surface area contributed by atoms with Crippen LogP contribution in [-0.4, -0.2) is 42.7 Å². The fourth-order valence-corrected chi connectivity index (χ4v) is 1.38. The van der Waals surface area contributed by atoms with Crippen molar-refractivity contribution in [2.24, 2.45) is 5.92 Å². The average Bonchev–Trinajstić information content (AvgIpc) is 2.39. The molecule has 106 valence electrons. The number of amides is 1. The number of hydrogen-bond acceptors (Lipinski definition) is 5. The summed E-state index contributed by atoms with van der Waals surface area (Å²) in [7, 11) is 1.59. The van der Waals surface area contributed by atoms with Crippen molar-refractivity contribution >= 4 is 11.9 Å². The van der Waals surface area contributed by atoms with Gasteiger partial charge in [-0.1, -0.05) is 13.8 Å². The van der Waals surface area contributed by atoms with Gasteiger partial charge in [-0.3, -0.25) is 4.79 Å². The fourth-order valence-electron chi connectivity index (χ4n) is 1.38. The number of ether oxygens (including phenoxy) is 1. The monoisotopic (exact) mass is 266 g/mol. The summed E-state index contributed by atoms with van der Waals surface area (Å²) in [5.41, 5.74) is 0.450. The van der Waals surface area contributed by atoms with Gasteiger partial charge in [0, 0.05) is 32.6 Å². The SMILES string of the molecule is COCCNC(=O)c1cnc(NCCC(C)C)nc1. The molecular formula is C13H22N4O2. The van der Waals surface area contributed by atoms with E-state index in [1.807, 2.05) is 0 Å². The van der Waals surface area contributed by atoms with Crippen molar-refractivity contribution in [1.29, 1.82) is 0 Å². The van der Waals surface area contributed by atoms with Crippen molar-refractivity contribution in [3.8, 4) is 0 Å². The highest BCUT2D eigenvalue weighted by Crippen LogP contribution is 2.03. The highest BCUT2D eigenvalue weighted by molar-refractivity contribution is 5.93. The summed E-state index contributed by atoms with van der Waals surface area (Å²) >= 11 is 0. The summed E-state index contributed by atoms with van der Waals surface area (Å²) in [6, 6.07) is 0. The van der Waals surface area contributed by atoms with Crippen LogP contribution >= 0.6 is 0 Å². The zero-order valence-electron chi connectivity index (χ0n) is 11.8. The van der Waals surface area contributed by atoms with E-state index < -0.39 is 0 Å². The zero-order chi connectivity index (χ0) is 14.1. The molecule has 0 aromatic carbocycles. The predicted octanol–water partition coefficient (Wildman–Crippen LogP) is 1.31. The van der Waals surface area contributed by atoms with Gasteiger partial charge in [0.1, 0.15) is 0 Å². The van der Waals surface area contributed by atoms with Crippen LogP contribution in [0.5, 0.6) is 0 Å². The second-order valence-electron chi connectivity index (χ2n) is 4.65. The molecule has 0 saturated carbocycles. The highest BCUT2D eigenvalue weighted by atomic mass is 16.5. The van der Waals surface area contributed by atoms with E-state index in [0.717, 1.165) is 13.0 Å². The van der Waals surface area contributed by atoms with Gasteiger partial charge in [0.25, 0.3) is 5.91 Å². The molecule has 0 unspecified atom stereocenters. The summed E-state index contributed by atoms with van der Waals surface area (Å²) < 4.78 is 4.85. The van der Waals surface area contributed by atoms with Crippen LogP contribution in [0, 0.1) is 5.92 Å². The number of anilines is 1. The topological polar surface area (TPSA) is 76.1 Å². The largest absolute Gasteiger partial charge is 0.383 e. The number of nitrogens with zero attached hydrogens (tertiary/aromatic N) is 2. The molecule has 0 aliphatic rings. The number of carbonyl (C=O) groups excluding carboxylic acids is 1. The Balaban J connectivity index is 2.40. The first-order valence-corrected chi connectivity index (χ1v) is 6.46. The normalized spacial score (nSPS) is 10.5. The van der Waals surface area contributed by atoms with Gasteiger partial charge < -0.3 is 15.4 Å². The van der Waals surface area contributed by atoms with E-state index in [2.05, 4.69) is 34.4 Å². The molecule has 0 bridgehead atoms. The molecular weight excluding hydrogens is 244 g/mol. The van der Waals surface area contributed by atoms with Crippen molar-refractivity contribution in [3.05, 3.63) is 18.0 Å². The van der Waals surface area contributed by atoms with Gasteiger partial charge in [-0.25, -0.2) is 9.97 Å². The third kappa shape index (κ3) is 6.15. The van der Waals surface area contributed by atoms with Gasteiger partial charge in [0.15, 0.2) is 0 Å². The van der Waals surface area contributed by atoms with Crippen molar-refractivity contribution < 1.29 is 9.53 Å². The standard InChI is InChI=1S/C13H22N4O2/c1-10(2)4-5-15-13-16-8-11(9-17-13)12(18)14-6-7-19-3/h8-10H,4-7H2,1-3H3,(H,14,18)(H,15,16,17). The molecule has 0 spiro atoms. The Bertz CT molecular complexity index is 379. The molecule has 0 atom stereocenters. The highest BCUT2D eigenvalue weighted by Gasteiger charge is 2.06. The number of nitrogens with one attached hydrogen (secondary N) is 2. The molecule has 0 radical (unpaired) electrons. The molecule has 0 aliphatic carbocycles. The third-order valence-electron chi connectivity index (χ3n) is 2.51. The summed E-state index contributed by atoms with van der Waals surface area (Å²) in [6.07, 6.45) is 4.10. The lowest BCUT2D eigenvalue weighted by Crippen LogP contribution is -2.27. The van der Waals surface area contributed by atoms with E-state index in [9.17, 15) is 4.79 Å². The van der Waals surface area contributed by atoms with E-state index in [1.54, 1.807) is 7.11 Å². The van der Waals surface area contributed by atoms with Gasteiger partial charge in [0.05, 0.1) is 12.2 Å². The van der Waals surface area contributed by atoms with E-state index in [0.29, 0.717) is 30.6 Å². The Labute approximate surface area is 114 Å². The van der Waals surface area contributed by atoms with E-state index >= 15 is 0 Å². The minimum atomic E-state index is -0.189. The molecule has 1 heterocycles. The maximum absolute atomic E-state index is 11.7. The van der Waals surface area contributed by atoms with Gasteiger partial charge in [0.2, 0.25) is 5.95 Å². The first kappa shape index (κ1) is 15.4. The molecule has 6 nitrogen and oxygen atoms in total. The zero-order valence-corrected chi connectivity index (χ0v) is 11.8. The quantitative estimate of drug-likeness (QED) is 0.694. The average molecular weight is 266 g/mol. The van der Waals surface area contributed by atoms with Crippen molar-refractivity contribution in [2.75, 3.05) is 32.1 Å². The van der Waals surface area contributed by atoms with Crippen LogP contribution in [0.25, 0.3) is 0 Å². The van der Waals surface area contributed by atoms with Crippen LogP contribution in [0.3, 0.4) is 0 Å². The van der Waals surface area contributed by atoms with Gasteiger partial charge in [-0.2, -0.15) is 0 Å². The van der Waals surface area contributed by atoms with Crippen LogP contribution in [-0.2, 0) is 4.74 Å². The second-order valence-corrected chi connectivity index (χ2v) is 4.65. The Hall–Kier alpha value is -1.69. The maximum atomic E-state index is 11.7. The molecule has 6 heteroatoms. The Kier molecular flexibility index (Phi) is 6.81. The van der Waals surface area contributed by atoms with Gasteiger partial charge in [-0.15, -0.1) is 0 Å². The molecule has 19 heavy (non-hydrogen) atoms. The smallest absolute Gasteiger partial charge is 0.254 e. The molecule has 1 aromatic heterocycles. The number of carbonyl (C=O) groups is 1.